The Morgan fingerprint density at radius 1 is 1.15 bits per heavy atom. The number of halogens is 4. The molecule has 2 aromatic carbocycles. The summed E-state index contributed by atoms with van der Waals surface area (Å²) in [4.78, 5) is 14.0. The number of piperidine rings is 1. The monoisotopic (exact) mass is 648 g/mol. The number of aromatic nitrogens is 2. The third-order valence-electron chi connectivity index (χ3n) is 11.3. The summed E-state index contributed by atoms with van der Waals surface area (Å²) in [6, 6.07) is 4.74. The molecule has 6 aliphatic rings. The predicted molar refractivity (Wildman–Crippen MR) is 166 cm³/mol. The Morgan fingerprint density at radius 2 is 2.00 bits per heavy atom. The number of fused-ring (bicyclic) bond motifs is 5. The summed E-state index contributed by atoms with van der Waals surface area (Å²) in [7, 11) is 0. The number of anilines is 1. The van der Waals surface area contributed by atoms with Crippen LogP contribution in [0.3, 0.4) is 0 Å². The van der Waals surface area contributed by atoms with Crippen molar-refractivity contribution in [3.8, 4) is 29.0 Å². The third-order valence-corrected chi connectivity index (χ3v) is 11.6. The van der Waals surface area contributed by atoms with E-state index in [0.29, 0.717) is 30.8 Å². The Hall–Kier alpha value is -3.75. The standard InChI is InChI=1S/C34H32ClF3N6O2/c35-27-25(19-4-5-22(37)20-11-23(40)21(13-39)24(19)20)28(38)29-26-30(27)45-15-18-3-1-6-33(8-9-33)44(18)31(26)42-32(41-29)46-16-34-7-2-10-43(34)14-17(36)12-34/h4-5,17-18H,1-3,6-12,14-16,40H2/t17-,18+,34+/m1/s1. The number of alkyl halides is 1. The zero-order chi connectivity index (χ0) is 31.5. The molecule has 9 rings (SSSR count). The van der Waals surface area contributed by atoms with Crippen molar-refractivity contribution < 1.29 is 22.6 Å². The molecule has 0 radical (unpaired) electrons. The third kappa shape index (κ3) is 3.89. The maximum Gasteiger partial charge on any atom is 0.319 e. The Kier molecular flexibility index (Phi) is 6.11. The van der Waals surface area contributed by atoms with Crippen LogP contribution in [0, 0.1) is 23.0 Å². The van der Waals surface area contributed by atoms with Crippen LogP contribution < -0.4 is 20.1 Å². The number of hydrogen-bond acceptors (Lipinski definition) is 8. The normalized spacial score (nSPS) is 27.3. The highest BCUT2D eigenvalue weighted by Gasteiger charge is 2.55. The van der Waals surface area contributed by atoms with E-state index in [2.05, 4.69) is 20.9 Å². The molecule has 8 nitrogen and oxygen atoms in total. The molecule has 3 saturated heterocycles. The van der Waals surface area contributed by atoms with Gasteiger partial charge in [-0.2, -0.15) is 15.2 Å². The molecular weight excluding hydrogens is 617 g/mol. The van der Waals surface area contributed by atoms with Gasteiger partial charge in [0.15, 0.2) is 11.6 Å². The van der Waals surface area contributed by atoms with Crippen LogP contribution in [-0.2, 0) is 6.42 Å². The summed E-state index contributed by atoms with van der Waals surface area (Å²) in [6.45, 7) is 1.71. The van der Waals surface area contributed by atoms with Crippen molar-refractivity contribution in [3.05, 3.63) is 45.6 Å². The molecule has 0 unspecified atom stereocenters. The smallest absolute Gasteiger partial charge is 0.319 e. The molecule has 3 aromatic rings. The van der Waals surface area contributed by atoms with E-state index >= 15 is 8.78 Å². The van der Waals surface area contributed by atoms with Gasteiger partial charge in [0.1, 0.15) is 42.6 Å². The molecule has 46 heavy (non-hydrogen) atoms. The van der Waals surface area contributed by atoms with E-state index in [1.807, 2.05) is 0 Å². The van der Waals surface area contributed by atoms with Crippen LogP contribution in [0.5, 0.6) is 11.8 Å². The lowest BCUT2D eigenvalue weighted by atomic mass is 9.91. The minimum atomic E-state index is -0.921. The lowest BCUT2D eigenvalue weighted by Crippen LogP contribution is -2.51. The van der Waals surface area contributed by atoms with E-state index in [9.17, 15) is 9.65 Å². The summed E-state index contributed by atoms with van der Waals surface area (Å²) in [6.07, 6.45) is 6.18. The lowest BCUT2D eigenvalue weighted by molar-refractivity contribution is 0.107. The van der Waals surface area contributed by atoms with Crippen molar-refractivity contribution in [3.63, 3.8) is 0 Å². The summed E-state index contributed by atoms with van der Waals surface area (Å²) >= 11 is 7.08. The molecule has 1 spiro atoms. The van der Waals surface area contributed by atoms with Crippen LogP contribution in [0.1, 0.15) is 62.5 Å². The summed E-state index contributed by atoms with van der Waals surface area (Å²) in [5.41, 5.74) is 6.53. The van der Waals surface area contributed by atoms with Crippen molar-refractivity contribution in [2.24, 2.45) is 5.73 Å². The molecule has 4 aliphatic heterocycles. The van der Waals surface area contributed by atoms with Crippen molar-refractivity contribution >= 4 is 33.9 Å². The molecule has 2 aliphatic carbocycles. The summed E-state index contributed by atoms with van der Waals surface area (Å²) in [5.74, 6) is -0.497. The predicted octanol–water partition coefficient (Wildman–Crippen LogP) is 6.22. The number of nitrogens with zero attached hydrogens (tertiary/aromatic N) is 5. The molecule has 0 amide bonds. The van der Waals surface area contributed by atoms with E-state index in [0.717, 1.165) is 51.5 Å². The van der Waals surface area contributed by atoms with E-state index in [1.165, 1.54) is 12.1 Å². The van der Waals surface area contributed by atoms with Gasteiger partial charge >= 0.3 is 6.01 Å². The Morgan fingerprint density at radius 3 is 2.80 bits per heavy atom. The van der Waals surface area contributed by atoms with E-state index in [4.69, 9.17) is 31.8 Å². The van der Waals surface area contributed by atoms with Gasteiger partial charge in [-0.1, -0.05) is 17.7 Å². The Balaban J connectivity index is 1.26. The van der Waals surface area contributed by atoms with Crippen molar-refractivity contribution in [1.82, 2.24) is 14.9 Å². The average molecular weight is 649 g/mol. The zero-order valence-corrected chi connectivity index (χ0v) is 25.9. The fourth-order valence-corrected chi connectivity index (χ4v) is 9.36. The van der Waals surface area contributed by atoms with E-state index in [1.54, 1.807) is 0 Å². The van der Waals surface area contributed by atoms with Crippen LogP contribution >= 0.6 is 11.6 Å². The first-order chi connectivity index (χ1) is 22.2. The van der Waals surface area contributed by atoms with E-state index < -0.39 is 23.3 Å². The maximum atomic E-state index is 17.2. The van der Waals surface area contributed by atoms with Crippen molar-refractivity contribution in [1.29, 1.82) is 5.26 Å². The topological polar surface area (TPSA) is 101 Å². The molecule has 3 atom stereocenters. The molecule has 0 bridgehead atoms. The number of allylic oxidation sites excluding steroid dienone is 2. The number of rotatable bonds is 4. The second kappa shape index (κ2) is 9.88. The van der Waals surface area contributed by atoms with Gasteiger partial charge in [-0.25, -0.2) is 13.2 Å². The first kappa shape index (κ1) is 28.5. The van der Waals surface area contributed by atoms with Gasteiger partial charge in [0.25, 0.3) is 0 Å². The quantitative estimate of drug-likeness (QED) is 0.356. The number of nitriles is 1. The largest absolute Gasteiger partial charge is 0.489 e. The van der Waals surface area contributed by atoms with Gasteiger partial charge in [0.2, 0.25) is 0 Å². The molecule has 1 saturated carbocycles. The lowest BCUT2D eigenvalue weighted by Gasteiger charge is -2.42. The van der Waals surface area contributed by atoms with Gasteiger partial charge in [0, 0.05) is 47.3 Å². The van der Waals surface area contributed by atoms with Crippen LogP contribution in [0.15, 0.2) is 17.8 Å². The first-order valence-corrected chi connectivity index (χ1v) is 16.5. The fourth-order valence-electron chi connectivity index (χ4n) is 9.02. The van der Waals surface area contributed by atoms with Crippen LogP contribution in [0.25, 0.3) is 27.6 Å². The van der Waals surface area contributed by atoms with Gasteiger partial charge < -0.3 is 20.1 Å². The molecule has 2 N–H and O–H groups in total. The highest BCUT2D eigenvalue weighted by molar-refractivity contribution is 6.37. The summed E-state index contributed by atoms with van der Waals surface area (Å²) in [5, 5.41) is 10.3. The van der Waals surface area contributed by atoms with Crippen LogP contribution in [0.4, 0.5) is 19.0 Å². The van der Waals surface area contributed by atoms with Crippen LogP contribution in [0.2, 0.25) is 5.02 Å². The Labute approximate surface area is 268 Å². The van der Waals surface area contributed by atoms with Gasteiger partial charge in [-0.3, -0.25) is 4.90 Å². The second-order valence-electron chi connectivity index (χ2n) is 13.8. The zero-order valence-electron chi connectivity index (χ0n) is 25.1. The maximum absolute atomic E-state index is 17.2. The number of benzene rings is 2. The second-order valence-corrected chi connectivity index (χ2v) is 14.2. The first-order valence-electron chi connectivity index (χ1n) is 16.1. The minimum Gasteiger partial charge on any atom is -0.489 e. The SMILES string of the molecule is N#CC1=C(N)Cc2c(F)ccc(-c3c(Cl)c4c5c(nc(OC[C@@]67CCCN6C[C@H](F)C7)nc5c3F)N3[C@@H](CCCC35CC5)CO4)c21. The molecule has 12 heteroatoms. The molecule has 1 aromatic heterocycles. The average Bonchev–Trinajstić information content (AvgIpc) is 3.46. The minimum absolute atomic E-state index is 0.00483. The van der Waals surface area contributed by atoms with Crippen molar-refractivity contribution in [2.45, 2.75) is 81.1 Å². The number of ether oxygens (including phenoxy) is 2. The fraction of sp³-hybridized carbons (Fsp3) is 0.500. The van der Waals surface area contributed by atoms with E-state index in [-0.39, 0.29) is 80.4 Å². The number of hydrogen-bond donors (Lipinski definition) is 1. The molecule has 238 valence electrons. The highest BCUT2D eigenvalue weighted by Crippen LogP contribution is 2.57. The van der Waals surface area contributed by atoms with Crippen molar-refractivity contribution in [2.75, 3.05) is 31.2 Å². The summed E-state index contributed by atoms with van der Waals surface area (Å²) < 4.78 is 59.5. The van der Waals surface area contributed by atoms with Gasteiger partial charge in [0.05, 0.1) is 27.6 Å². The highest BCUT2D eigenvalue weighted by atomic mass is 35.5. The van der Waals surface area contributed by atoms with Gasteiger partial charge in [-0.05, 0) is 63.1 Å². The van der Waals surface area contributed by atoms with Gasteiger partial charge in [-0.15, -0.1) is 0 Å². The van der Waals surface area contributed by atoms with Crippen LogP contribution in [-0.4, -0.2) is 64.5 Å². The molecular formula is C34H32ClF3N6O2. The molecule has 4 fully saturated rings. The molecule has 5 heterocycles. The number of nitrogens with two attached hydrogens (primary N) is 1. The Bertz CT molecular complexity index is 1930.